The molecular weight excluding hydrogens is 208 g/mol. The number of allylic oxidation sites excluding steroid dienone is 6. The lowest BCUT2D eigenvalue weighted by molar-refractivity contribution is -0.417. The van der Waals surface area contributed by atoms with Crippen molar-refractivity contribution < 1.29 is 4.42 Å². The maximum Gasteiger partial charge on any atom is 0.343 e. The summed E-state index contributed by atoms with van der Waals surface area (Å²) >= 11 is 0. The van der Waals surface area contributed by atoms with Crippen LogP contribution >= 0.6 is 0 Å². The lowest BCUT2D eigenvalue weighted by Crippen LogP contribution is -1.95. The van der Waals surface area contributed by atoms with Gasteiger partial charge in [-0.05, 0) is 35.9 Å². The van der Waals surface area contributed by atoms with Gasteiger partial charge in [0.05, 0.1) is 0 Å². The Labute approximate surface area is 101 Å². The topological polar surface area (TPSA) is 11.3 Å². The molecule has 0 amide bonds. The molecule has 0 fully saturated rings. The van der Waals surface area contributed by atoms with Crippen molar-refractivity contribution in [3.8, 4) is 11.8 Å². The Kier molecular flexibility index (Phi) is 3.72. The van der Waals surface area contributed by atoms with E-state index in [2.05, 4.69) is 11.8 Å². The molecule has 0 radical (unpaired) electrons. The molecule has 1 nitrogen and oxygen atoms in total. The number of hydrogen-bond donors (Lipinski definition) is 0. The Bertz CT molecular complexity index is 543. The van der Waals surface area contributed by atoms with Gasteiger partial charge in [0.2, 0.25) is 0 Å². The molecule has 0 aliphatic heterocycles. The summed E-state index contributed by atoms with van der Waals surface area (Å²) in [6.45, 7) is 0. The number of rotatable bonds is 0. The zero-order chi connectivity index (χ0) is 11.9. The fraction of sp³-hybridized carbons (Fsp3) is 0.0625. The molecule has 0 spiro atoms. The second kappa shape index (κ2) is 5.67. The van der Waals surface area contributed by atoms with Crippen LogP contribution in [-0.4, -0.2) is 12.9 Å². The van der Waals surface area contributed by atoms with Gasteiger partial charge >= 0.3 is 5.78 Å². The summed E-state index contributed by atoms with van der Waals surface area (Å²) in [6, 6.07) is 9.94. The highest BCUT2D eigenvalue weighted by molar-refractivity contribution is 6.01. The minimum Gasteiger partial charge on any atom is -0.258 e. The average Bonchev–Trinajstić information content (AvgIpc) is 2.41. The van der Waals surface area contributed by atoms with Crippen LogP contribution in [0, 0.1) is 11.8 Å². The third kappa shape index (κ3) is 3.32. The van der Waals surface area contributed by atoms with Crippen LogP contribution in [0.5, 0.6) is 0 Å². The third-order valence-corrected chi connectivity index (χ3v) is 2.34. The van der Waals surface area contributed by atoms with Crippen LogP contribution in [0.25, 0.3) is 0 Å². The van der Waals surface area contributed by atoms with Gasteiger partial charge in [0.25, 0.3) is 7.11 Å². The van der Waals surface area contributed by atoms with Crippen molar-refractivity contribution in [2.45, 2.75) is 0 Å². The highest BCUT2D eigenvalue weighted by Crippen LogP contribution is 2.05. The summed E-state index contributed by atoms with van der Waals surface area (Å²) in [6.07, 6.45) is 9.72. The maximum atomic E-state index is 5.09. The highest BCUT2D eigenvalue weighted by atomic mass is 16.4. The van der Waals surface area contributed by atoms with Crippen LogP contribution < -0.4 is 0 Å². The van der Waals surface area contributed by atoms with Crippen LogP contribution in [0.3, 0.4) is 0 Å². The van der Waals surface area contributed by atoms with Crippen molar-refractivity contribution in [2.24, 2.45) is 0 Å². The molecule has 82 valence electrons. The summed E-state index contributed by atoms with van der Waals surface area (Å²) in [5.41, 5.74) is 2.10. The van der Waals surface area contributed by atoms with Gasteiger partial charge in [-0.1, -0.05) is 30.0 Å². The number of ketones is 1. The molecule has 0 N–H and O–H groups in total. The Morgan fingerprint density at radius 1 is 1.00 bits per heavy atom. The quantitative estimate of drug-likeness (QED) is 0.471. The van der Waals surface area contributed by atoms with Crippen molar-refractivity contribution in [3.05, 3.63) is 71.8 Å². The van der Waals surface area contributed by atoms with Crippen LogP contribution in [0.15, 0.2) is 66.3 Å². The average molecular weight is 221 g/mol. The van der Waals surface area contributed by atoms with Gasteiger partial charge < -0.3 is 0 Å². The minimum atomic E-state index is 0.859. The summed E-state index contributed by atoms with van der Waals surface area (Å²) in [5.74, 6) is 6.98. The van der Waals surface area contributed by atoms with E-state index in [0.29, 0.717) is 0 Å². The van der Waals surface area contributed by atoms with E-state index in [9.17, 15) is 0 Å². The molecule has 0 atom stereocenters. The Balaban J connectivity index is 2.09. The molecule has 0 bridgehead atoms. The molecule has 0 unspecified atom stereocenters. The van der Waals surface area contributed by atoms with E-state index < -0.39 is 0 Å². The van der Waals surface area contributed by atoms with Crippen molar-refractivity contribution in [3.63, 3.8) is 0 Å². The smallest absolute Gasteiger partial charge is 0.258 e. The van der Waals surface area contributed by atoms with Gasteiger partial charge in [0, 0.05) is 17.7 Å². The third-order valence-electron chi connectivity index (χ3n) is 2.34. The first-order chi connectivity index (χ1) is 8.38. The molecule has 2 rings (SSSR count). The second-order valence-corrected chi connectivity index (χ2v) is 3.55. The van der Waals surface area contributed by atoms with Gasteiger partial charge in [-0.2, -0.15) is 0 Å². The second-order valence-electron chi connectivity index (χ2n) is 3.55. The number of carbonyl (C=O) groups excluding carboxylic acids is 1. The summed E-state index contributed by atoms with van der Waals surface area (Å²) in [5, 5.41) is 0. The largest absolute Gasteiger partial charge is 0.343 e. The maximum absolute atomic E-state index is 5.09. The predicted molar refractivity (Wildman–Crippen MR) is 70.6 cm³/mol. The highest BCUT2D eigenvalue weighted by Gasteiger charge is 2.03. The van der Waals surface area contributed by atoms with Crippen molar-refractivity contribution in [1.82, 2.24) is 0 Å². The number of hydrogen-bond acceptors (Lipinski definition) is 0. The van der Waals surface area contributed by atoms with Crippen LogP contribution in [0.2, 0.25) is 0 Å². The van der Waals surface area contributed by atoms with Crippen LogP contribution in [0.1, 0.15) is 5.56 Å². The molecule has 1 aromatic carbocycles. The molecule has 0 heterocycles. The van der Waals surface area contributed by atoms with Crippen LogP contribution in [0.4, 0.5) is 0 Å². The molecule has 1 aliphatic carbocycles. The molecular formula is C16H13O+. The van der Waals surface area contributed by atoms with Crippen molar-refractivity contribution in [2.75, 3.05) is 7.11 Å². The van der Waals surface area contributed by atoms with Gasteiger partial charge in [0.1, 0.15) is 0 Å². The Morgan fingerprint density at radius 2 is 1.71 bits per heavy atom. The van der Waals surface area contributed by atoms with Gasteiger partial charge in [-0.3, -0.25) is 4.42 Å². The standard InChI is InChI=1S/C16H13O/c1-17-16-12-10-15(11-13-16)9-5-8-14-6-3-2-4-7-14/h2-4,6-7,9-13H,1H3/q+1. The van der Waals surface area contributed by atoms with E-state index in [1.54, 1.807) is 7.11 Å². The lowest BCUT2D eigenvalue weighted by atomic mass is 10.1. The molecule has 17 heavy (non-hydrogen) atoms. The van der Waals surface area contributed by atoms with Gasteiger partial charge in [-0.15, -0.1) is 0 Å². The summed E-state index contributed by atoms with van der Waals surface area (Å²) < 4.78 is 5.09. The molecule has 1 heteroatoms. The Hall–Kier alpha value is -2.33. The van der Waals surface area contributed by atoms with Crippen molar-refractivity contribution in [1.29, 1.82) is 0 Å². The monoisotopic (exact) mass is 221 g/mol. The van der Waals surface area contributed by atoms with E-state index in [0.717, 1.165) is 16.9 Å². The van der Waals surface area contributed by atoms with E-state index in [-0.39, 0.29) is 0 Å². The van der Waals surface area contributed by atoms with E-state index in [4.69, 9.17) is 4.42 Å². The molecule has 0 aromatic heterocycles. The SMILES string of the molecule is C[O+]=C1C=CC(=CC#Cc2ccccc2)C=C1. The number of benzene rings is 1. The first-order valence-electron chi connectivity index (χ1n) is 5.42. The zero-order valence-electron chi connectivity index (χ0n) is 9.68. The van der Waals surface area contributed by atoms with E-state index in [1.807, 2.05) is 60.7 Å². The normalized spacial score (nSPS) is 13.0. The van der Waals surface area contributed by atoms with Crippen LogP contribution in [-0.2, 0) is 4.42 Å². The Morgan fingerprint density at radius 3 is 2.35 bits per heavy atom. The fourth-order valence-corrected chi connectivity index (χ4v) is 1.42. The summed E-state index contributed by atoms with van der Waals surface area (Å²) in [4.78, 5) is 0. The van der Waals surface area contributed by atoms with Gasteiger partial charge in [0.15, 0.2) is 0 Å². The first kappa shape index (κ1) is 11.2. The summed E-state index contributed by atoms with van der Waals surface area (Å²) in [7, 11) is 1.66. The van der Waals surface area contributed by atoms with E-state index >= 15 is 0 Å². The van der Waals surface area contributed by atoms with Gasteiger partial charge in [-0.25, -0.2) is 0 Å². The molecule has 1 aromatic rings. The lowest BCUT2D eigenvalue weighted by Gasteiger charge is -1.93. The fourth-order valence-electron chi connectivity index (χ4n) is 1.42. The molecule has 0 saturated carbocycles. The predicted octanol–water partition coefficient (Wildman–Crippen LogP) is 2.83. The van der Waals surface area contributed by atoms with Crippen molar-refractivity contribution >= 4 is 5.78 Å². The van der Waals surface area contributed by atoms with E-state index in [1.165, 1.54) is 0 Å². The molecule has 0 saturated heterocycles. The minimum absolute atomic E-state index is 0.859. The molecule has 1 aliphatic rings. The zero-order valence-corrected chi connectivity index (χ0v) is 9.68. The first-order valence-corrected chi connectivity index (χ1v) is 5.42.